The first-order chi connectivity index (χ1) is 8.00. The molecule has 0 aliphatic carbocycles. The number of unbranched alkanes of at least 4 members (excludes halogenated alkanes) is 1. The van der Waals surface area contributed by atoms with Crippen LogP contribution in [0.4, 0.5) is 0 Å². The Morgan fingerprint density at radius 1 is 1.22 bits per heavy atom. The average molecular weight is 340 g/mol. The van der Waals surface area contributed by atoms with E-state index in [1.54, 1.807) is 0 Å². The van der Waals surface area contributed by atoms with Gasteiger partial charge in [-0.15, -0.1) is 17.0 Å². The van der Waals surface area contributed by atoms with E-state index in [9.17, 15) is 4.57 Å². The van der Waals surface area contributed by atoms with Crippen molar-refractivity contribution >= 4 is 24.6 Å². The van der Waals surface area contributed by atoms with Gasteiger partial charge in [-0.3, -0.25) is 4.57 Å². The van der Waals surface area contributed by atoms with E-state index in [4.69, 9.17) is 20.3 Å². The summed E-state index contributed by atoms with van der Waals surface area (Å²) in [5.41, 5.74) is 5.34. The van der Waals surface area contributed by atoms with Crippen LogP contribution in [0.5, 0.6) is 5.75 Å². The molecule has 0 bridgehead atoms. The maximum Gasteiger partial charge on any atom is 0.342 e. The van der Waals surface area contributed by atoms with Gasteiger partial charge in [0.25, 0.3) is 0 Å². The molecule has 0 radical (unpaired) electrons. The molecule has 0 unspecified atom stereocenters. The summed E-state index contributed by atoms with van der Waals surface area (Å²) < 4.78 is 16.2. The van der Waals surface area contributed by atoms with Crippen molar-refractivity contribution in [2.24, 2.45) is 5.73 Å². The molecule has 0 amide bonds. The van der Waals surface area contributed by atoms with Gasteiger partial charge in [-0.2, -0.15) is 0 Å². The molecule has 0 spiro atoms. The second-order valence-corrected chi connectivity index (χ2v) is 5.66. The summed E-state index contributed by atoms with van der Waals surface area (Å²) in [6.45, 7) is 0.526. The molecule has 1 atom stereocenters. The molecule has 0 fully saturated rings. The van der Waals surface area contributed by atoms with Gasteiger partial charge in [-0.1, -0.05) is 18.2 Å². The summed E-state index contributed by atoms with van der Waals surface area (Å²) in [5.74, 6) is -0.258. The lowest BCUT2D eigenvalue weighted by Gasteiger charge is -2.12. The maximum absolute atomic E-state index is 10.8. The normalized spacial score (nSPS) is 12.6. The van der Waals surface area contributed by atoms with Gasteiger partial charge in [-0.25, -0.2) is 0 Å². The summed E-state index contributed by atoms with van der Waals surface area (Å²) in [4.78, 5) is 17.6. The van der Waals surface area contributed by atoms with Crippen LogP contribution in [-0.4, -0.2) is 22.2 Å². The molecule has 1 rings (SSSR count). The molecule has 1 aromatic carbocycles. The standard InChI is InChI=1S/C11H18NO4P.BrH/c12-11(17(13,14)15)8-4-5-9-16-10-6-2-1-3-7-10;/h1-3,6-7,11H,4-5,8-9,12H2,(H2,13,14,15);1H/t11-;/m0./s1. The van der Waals surface area contributed by atoms with Crippen molar-refractivity contribution in [2.45, 2.75) is 25.0 Å². The second-order valence-electron chi connectivity index (χ2n) is 3.81. The van der Waals surface area contributed by atoms with E-state index in [1.807, 2.05) is 30.3 Å². The quantitative estimate of drug-likeness (QED) is 0.523. The zero-order valence-corrected chi connectivity index (χ0v) is 12.5. The van der Waals surface area contributed by atoms with Gasteiger partial charge in [0.15, 0.2) is 0 Å². The second kappa shape index (κ2) is 8.67. The van der Waals surface area contributed by atoms with E-state index in [0.717, 1.165) is 12.2 Å². The molecule has 5 nitrogen and oxygen atoms in total. The fourth-order valence-electron chi connectivity index (χ4n) is 1.33. The van der Waals surface area contributed by atoms with E-state index >= 15 is 0 Å². The molecule has 18 heavy (non-hydrogen) atoms. The SMILES string of the molecule is Br.N[C@H](CCCCOc1ccccc1)P(=O)(O)O. The summed E-state index contributed by atoms with van der Waals surface area (Å²) in [6.07, 6.45) is 1.67. The van der Waals surface area contributed by atoms with Crippen molar-refractivity contribution < 1.29 is 19.1 Å². The summed E-state index contributed by atoms with van der Waals surface area (Å²) >= 11 is 0. The number of benzene rings is 1. The number of halogens is 1. The van der Waals surface area contributed by atoms with Crippen LogP contribution < -0.4 is 10.5 Å². The Bertz CT molecular complexity index is 371. The third-order valence-corrected chi connectivity index (χ3v) is 3.46. The molecule has 0 aromatic heterocycles. The smallest absolute Gasteiger partial charge is 0.342 e. The molecule has 4 N–H and O–H groups in total. The number of para-hydroxylation sites is 1. The van der Waals surface area contributed by atoms with Crippen molar-refractivity contribution in [1.82, 2.24) is 0 Å². The van der Waals surface area contributed by atoms with Crippen LogP contribution in [0.15, 0.2) is 30.3 Å². The summed E-state index contributed by atoms with van der Waals surface area (Å²) in [7, 11) is -4.13. The topological polar surface area (TPSA) is 92.8 Å². The Hall–Kier alpha value is -0.390. The van der Waals surface area contributed by atoms with Crippen LogP contribution in [0.25, 0.3) is 0 Å². The van der Waals surface area contributed by atoms with Crippen molar-refractivity contribution in [3.8, 4) is 5.75 Å². The lowest BCUT2D eigenvalue weighted by Crippen LogP contribution is -2.19. The fraction of sp³-hybridized carbons (Fsp3) is 0.455. The lowest BCUT2D eigenvalue weighted by molar-refractivity contribution is 0.301. The number of nitrogens with two attached hydrogens (primary N) is 1. The van der Waals surface area contributed by atoms with Gasteiger partial charge >= 0.3 is 7.60 Å². The van der Waals surface area contributed by atoms with Crippen LogP contribution in [0.1, 0.15) is 19.3 Å². The van der Waals surface area contributed by atoms with E-state index in [0.29, 0.717) is 19.4 Å². The van der Waals surface area contributed by atoms with Gasteiger partial charge < -0.3 is 20.3 Å². The van der Waals surface area contributed by atoms with Gasteiger partial charge in [0.1, 0.15) is 11.5 Å². The number of hydrogen-bond acceptors (Lipinski definition) is 3. The Labute approximate surface area is 117 Å². The molecular weight excluding hydrogens is 321 g/mol. The third kappa shape index (κ3) is 7.13. The van der Waals surface area contributed by atoms with Crippen molar-refractivity contribution in [1.29, 1.82) is 0 Å². The van der Waals surface area contributed by atoms with Gasteiger partial charge in [-0.05, 0) is 31.4 Å². The Balaban J connectivity index is 0.00000289. The van der Waals surface area contributed by atoms with E-state index < -0.39 is 13.4 Å². The molecule has 0 aliphatic heterocycles. The van der Waals surface area contributed by atoms with Crippen molar-refractivity contribution in [3.63, 3.8) is 0 Å². The highest BCUT2D eigenvalue weighted by atomic mass is 79.9. The molecule has 1 aromatic rings. The molecule has 0 heterocycles. The van der Waals surface area contributed by atoms with Crippen LogP contribution in [0.3, 0.4) is 0 Å². The highest BCUT2D eigenvalue weighted by Gasteiger charge is 2.23. The monoisotopic (exact) mass is 339 g/mol. The third-order valence-electron chi connectivity index (χ3n) is 2.34. The zero-order valence-electron chi connectivity index (χ0n) is 9.94. The largest absolute Gasteiger partial charge is 0.494 e. The number of ether oxygens (including phenoxy) is 1. The lowest BCUT2D eigenvalue weighted by atomic mass is 10.2. The predicted octanol–water partition coefficient (Wildman–Crippen LogP) is 2.28. The Kier molecular flexibility index (Phi) is 8.48. The predicted molar refractivity (Wildman–Crippen MR) is 76.1 cm³/mol. The summed E-state index contributed by atoms with van der Waals surface area (Å²) in [6, 6.07) is 9.41. The minimum Gasteiger partial charge on any atom is -0.494 e. The molecule has 7 heteroatoms. The first-order valence-corrected chi connectivity index (χ1v) is 7.17. The van der Waals surface area contributed by atoms with E-state index in [-0.39, 0.29) is 17.0 Å². The minimum absolute atomic E-state index is 0. The van der Waals surface area contributed by atoms with Gasteiger partial charge in [0, 0.05) is 0 Å². The molecule has 0 aliphatic rings. The van der Waals surface area contributed by atoms with Gasteiger partial charge in [0.2, 0.25) is 0 Å². The highest BCUT2D eigenvalue weighted by Crippen LogP contribution is 2.40. The van der Waals surface area contributed by atoms with Gasteiger partial charge in [0.05, 0.1) is 6.61 Å². The van der Waals surface area contributed by atoms with E-state index in [1.165, 1.54) is 0 Å². The Morgan fingerprint density at radius 3 is 2.39 bits per heavy atom. The molecular formula is C11H19BrNO4P. The molecule has 104 valence electrons. The van der Waals surface area contributed by atoms with Crippen molar-refractivity contribution in [2.75, 3.05) is 6.61 Å². The molecule has 0 saturated heterocycles. The summed E-state index contributed by atoms with van der Waals surface area (Å²) in [5, 5.41) is 0. The van der Waals surface area contributed by atoms with Crippen LogP contribution in [0.2, 0.25) is 0 Å². The Morgan fingerprint density at radius 2 is 1.83 bits per heavy atom. The van der Waals surface area contributed by atoms with Crippen molar-refractivity contribution in [3.05, 3.63) is 30.3 Å². The highest BCUT2D eigenvalue weighted by molar-refractivity contribution is 8.93. The number of hydrogen-bond donors (Lipinski definition) is 3. The minimum atomic E-state index is -4.13. The van der Waals surface area contributed by atoms with Crippen LogP contribution in [0, 0.1) is 0 Å². The van der Waals surface area contributed by atoms with Crippen LogP contribution in [-0.2, 0) is 4.57 Å². The zero-order chi connectivity index (χ0) is 12.7. The first-order valence-electron chi connectivity index (χ1n) is 5.49. The van der Waals surface area contributed by atoms with E-state index in [2.05, 4.69) is 0 Å². The first kappa shape index (κ1) is 17.6. The van der Waals surface area contributed by atoms with Crippen LogP contribution >= 0.6 is 24.6 Å². The molecule has 0 saturated carbocycles. The maximum atomic E-state index is 10.8. The number of rotatable bonds is 7. The fourth-order valence-corrected chi connectivity index (χ4v) is 1.85. The average Bonchev–Trinajstić information content (AvgIpc) is 2.28.